The molecule has 5 aromatic rings. The fourth-order valence-corrected chi connectivity index (χ4v) is 3.37. The molecule has 0 saturated heterocycles. The minimum atomic E-state index is -0.189. The number of hydrogen-bond acceptors (Lipinski definition) is 5. The van der Waals surface area contributed by atoms with Crippen molar-refractivity contribution in [2.45, 2.75) is 6.54 Å². The van der Waals surface area contributed by atoms with E-state index in [2.05, 4.69) is 15.5 Å². The molecule has 146 valence electrons. The average Bonchev–Trinajstić information content (AvgIpc) is 3.48. The molecular weight excluding hydrogens is 378 g/mol. The first kappa shape index (κ1) is 17.9. The van der Waals surface area contributed by atoms with Gasteiger partial charge in [0, 0.05) is 29.4 Å². The number of nitrogens with zero attached hydrogens (tertiary/aromatic N) is 2. The van der Waals surface area contributed by atoms with E-state index in [-0.39, 0.29) is 5.91 Å². The number of carbonyl (C=O) groups excluding carboxylic acids is 1. The molecule has 0 atom stereocenters. The topological polar surface area (TPSA) is 81.2 Å². The summed E-state index contributed by atoms with van der Waals surface area (Å²) in [5, 5.41) is 7.86. The highest BCUT2D eigenvalue weighted by molar-refractivity contribution is 6.01. The van der Waals surface area contributed by atoms with Gasteiger partial charge in [-0.15, -0.1) is 0 Å². The summed E-state index contributed by atoms with van der Waals surface area (Å²) in [6.45, 7) is 0.329. The summed E-state index contributed by atoms with van der Waals surface area (Å²) in [7, 11) is 0. The SMILES string of the molecule is O=C(NCc1cccnc1-c1ccco1)c1ccc2noc(-c3ccccc3)c2c1. The zero-order valence-electron chi connectivity index (χ0n) is 15.9. The average molecular weight is 395 g/mol. The molecule has 0 saturated carbocycles. The van der Waals surface area contributed by atoms with Crippen LogP contribution in [0.5, 0.6) is 0 Å². The van der Waals surface area contributed by atoms with Gasteiger partial charge in [0.15, 0.2) is 11.5 Å². The Labute approximate surface area is 172 Å². The summed E-state index contributed by atoms with van der Waals surface area (Å²) < 4.78 is 11.0. The lowest BCUT2D eigenvalue weighted by Gasteiger charge is -2.08. The zero-order valence-corrected chi connectivity index (χ0v) is 15.9. The fourth-order valence-electron chi connectivity index (χ4n) is 3.37. The largest absolute Gasteiger partial charge is 0.463 e. The number of furan rings is 1. The van der Waals surface area contributed by atoms with Crippen molar-refractivity contribution >= 4 is 16.8 Å². The Hall–Kier alpha value is -4.19. The quantitative estimate of drug-likeness (QED) is 0.449. The molecule has 1 amide bonds. The van der Waals surface area contributed by atoms with Crippen LogP contribution in [0.4, 0.5) is 0 Å². The molecule has 0 spiro atoms. The molecule has 0 fully saturated rings. The van der Waals surface area contributed by atoms with Crippen LogP contribution < -0.4 is 5.32 Å². The maximum absolute atomic E-state index is 12.8. The second kappa shape index (κ2) is 7.67. The van der Waals surface area contributed by atoms with E-state index in [4.69, 9.17) is 8.94 Å². The predicted molar refractivity (Wildman–Crippen MR) is 113 cm³/mol. The second-order valence-electron chi connectivity index (χ2n) is 6.78. The van der Waals surface area contributed by atoms with Gasteiger partial charge in [-0.2, -0.15) is 0 Å². The third kappa shape index (κ3) is 3.35. The zero-order chi connectivity index (χ0) is 20.3. The van der Waals surface area contributed by atoms with E-state index in [0.717, 1.165) is 16.5 Å². The molecule has 30 heavy (non-hydrogen) atoms. The number of rotatable bonds is 5. The number of amides is 1. The van der Waals surface area contributed by atoms with Gasteiger partial charge < -0.3 is 14.3 Å². The lowest BCUT2D eigenvalue weighted by molar-refractivity contribution is 0.0951. The molecule has 3 heterocycles. The minimum Gasteiger partial charge on any atom is -0.463 e. The molecule has 0 radical (unpaired) electrons. The smallest absolute Gasteiger partial charge is 0.251 e. The van der Waals surface area contributed by atoms with Crippen LogP contribution in [-0.4, -0.2) is 16.0 Å². The maximum Gasteiger partial charge on any atom is 0.251 e. The van der Waals surface area contributed by atoms with Gasteiger partial charge >= 0.3 is 0 Å². The highest BCUT2D eigenvalue weighted by Crippen LogP contribution is 2.29. The Morgan fingerprint density at radius 1 is 0.967 bits per heavy atom. The summed E-state index contributed by atoms with van der Waals surface area (Å²) in [4.78, 5) is 17.2. The predicted octanol–water partition coefficient (Wildman–Crippen LogP) is 5.08. The van der Waals surface area contributed by atoms with Crippen LogP contribution in [-0.2, 0) is 6.54 Å². The minimum absolute atomic E-state index is 0.189. The van der Waals surface area contributed by atoms with E-state index in [0.29, 0.717) is 34.8 Å². The van der Waals surface area contributed by atoms with Crippen molar-refractivity contribution in [2.75, 3.05) is 0 Å². The number of pyridine rings is 1. The molecule has 0 aliphatic heterocycles. The molecule has 0 bridgehead atoms. The molecule has 5 rings (SSSR count). The lowest BCUT2D eigenvalue weighted by atomic mass is 10.1. The van der Waals surface area contributed by atoms with Crippen LogP contribution in [0.2, 0.25) is 0 Å². The van der Waals surface area contributed by atoms with Crippen LogP contribution in [0.1, 0.15) is 15.9 Å². The van der Waals surface area contributed by atoms with Gasteiger partial charge in [0.1, 0.15) is 11.2 Å². The van der Waals surface area contributed by atoms with E-state index in [1.54, 1.807) is 30.7 Å². The van der Waals surface area contributed by atoms with Crippen molar-refractivity contribution in [3.63, 3.8) is 0 Å². The van der Waals surface area contributed by atoms with Crippen molar-refractivity contribution in [2.24, 2.45) is 0 Å². The normalized spacial score (nSPS) is 10.9. The van der Waals surface area contributed by atoms with Gasteiger partial charge in [-0.25, -0.2) is 0 Å². The van der Waals surface area contributed by atoms with Gasteiger partial charge in [-0.05, 0) is 36.4 Å². The summed E-state index contributed by atoms with van der Waals surface area (Å²) in [5.41, 5.74) is 3.74. The molecule has 3 aromatic heterocycles. The second-order valence-corrected chi connectivity index (χ2v) is 6.78. The van der Waals surface area contributed by atoms with Crippen LogP contribution >= 0.6 is 0 Å². The Morgan fingerprint density at radius 3 is 2.70 bits per heavy atom. The molecule has 0 unspecified atom stereocenters. The summed E-state index contributed by atoms with van der Waals surface area (Å²) in [5.74, 6) is 1.12. The van der Waals surface area contributed by atoms with Gasteiger partial charge in [0.05, 0.1) is 11.6 Å². The number of aromatic nitrogens is 2. The molecular formula is C24H17N3O3. The van der Waals surface area contributed by atoms with Crippen LogP contribution in [0.3, 0.4) is 0 Å². The van der Waals surface area contributed by atoms with E-state index < -0.39 is 0 Å². The van der Waals surface area contributed by atoms with Crippen molar-refractivity contribution < 1.29 is 13.7 Å². The van der Waals surface area contributed by atoms with E-state index in [1.165, 1.54) is 0 Å². The number of fused-ring (bicyclic) bond motifs is 1. The molecule has 0 aliphatic carbocycles. The van der Waals surface area contributed by atoms with Crippen molar-refractivity contribution in [3.8, 4) is 22.8 Å². The van der Waals surface area contributed by atoms with E-state index in [1.807, 2.05) is 54.6 Å². The molecule has 2 aromatic carbocycles. The van der Waals surface area contributed by atoms with Gasteiger partial charge in [-0.3, -0.25) is 9.78 Å². The summed E-state index contributed by atoms with van der Waals surface area (Å²) >= 11 is 0. The van der Waals surface area contributed by atoms with Gasteiger partial charge in [0.2, 0.25) is 0 Å². The lowest BCUT2D eigenvalue weighted by Crippen LogP contribution is -2.23. The number of nitrogens with one attached hydrogen (secondary N) is 1. The monoisotopic (exact) mass is 395 g/mol. The third-order valence-corrected chi connectivity index (χ3v) is 4.86. The number of benzene rings is 2. The third-order valence-electron chi connectivity index (χ3n) is 4.86. The Bertz CT molecular complexity index is 1310. The first-order chi connectivity index (χ1) is 14.8. The van der Waals surface area contributed by atoms with Crippen molar-refractivity contribution in [1.29, 1.82) is 0 Å². The molecule has 6 nitrogen and oxygen atoms in total. The number of hydrogen-bond donors (Lipinski definition) is 1. The first-order valence-electron chi connectivity index (χ1n) is 9.50. The molecule has 6 heteroatoms. The highest BCUT2D eigenvalue weighted by atomic mass is 16.5. The Balaban J connectivity index is 1.40. The van der Waals surface area contributed by atoms with Crippen LogP contribution in [0.15, 0.2) is 94.2 Å². The van der Waals surface area contributed by atoms with Gasteiger partial charge in [-0.1, -0.05) is 41.6 Å². The maximum atomic E-state index is 12.8. The molecule has 0 aliphatic rings. The highest BCUT2D eigenvalue weighted by Gasteiger charge is 2.15. The van der Waals surface area contributed by atoms with E-state index in [9.17, 15) is 4.79 Å². The summed E-state index contributed by atoms with van der Waals surface area (Å²) in [6, 6.07) is 22.5. The van der Waals surface area contributed by atoms with Gasteiger partial charge in [0.25, 0.3) is 5.91 Å². The fraction of sp³-hybridized carbons (Fsp3) is 0.0417. The Morgan fingerprint density at radius 2 is 1.87 bits per heavy atom. The standard InChI is InChI=1S/C24H17N3O3/c28-24(26-15-18-8-4-12-25-22(18)21-9-5-13-29-21)17-10-11-20-19(14-17)23(30-27-20)16-6-2-1-3-7-16/h1-14H,15H2,(H,26,28). The number of carbonyl (C=O) groups is 1. The van der Waals surface area contributed by atoms with Crippen LogP contribution in [0, 0.1) is 0 Å². The Kier molecular flexibility index (Phi) is 4.57. The summed E-state index contributed by atoms with van der Waals surface area (Å²) in [6.07, 6.45) is 3.30. The van der Waals surface area contributed by atoms with Crippen molar-refractivity contribution in [1.82, 2.24) is 15.5 Å². The van der Waals surface area contributed by atoms with Crippen molar-refractivity contribution in [3.05, 3.63) is 96.4 Å². The van der Waals surface area contributed by atoms with E-state index >= 15 is 0 Å². The van der Waals surface area contributed by atoms with Crippen LogP contribution in [0.25, 0.3) is 33.7 Å². The molecule has 1 N–H and O–H groups in total. The first-order valence-corrected chi connectivity index (χ1v) is 9.50.